The molecule has 1 aromatic heterocycles. The van der Waals surface area contributed by atoms with E-state index >= 15 is 0 Å². The molecule has 0 fully saturated rings. The van der Waals surface area contributed by atoms with Crippen LogP contribution in [0.1, 0.15) is 38.4 Å². The van der Waals surface area contributed by atoms with Crippen LogP contribution >= 0.6 is 0 Å². The average molecular weight is 208 g/mol. The van der Waals surface area contributed by atoms with Crippen molar-refractivity contribution in [1.82, 2.24) is 4.98 Å². The minimum absolute atomic E-state index is 0.438. The van der Waals surface area contributed by atoms with Crippen molar-refractivity contribution in [1.29, 1.82) is 0 Å². The summed E-state index contributed by atoms with van der Waals surface area (Å²) < 4.78 is 0. The fourth-order valence-electron chi connectivity index (χ4n) is 1.38. The maximum atomic E-state index is 9.34. The third-order valence-corrected chi connectivity index (χ3v) is 2.49. The molecular weight excluding hydrogens is 188 g/mol. The fraction of sp³-hybridized carbons (Fsp3) is 0.583. The zero-order valence-corrected chi connectivity index (χ0v) is 9.77. The average Bonchev–Trinajstić information content (AvgIpc) is 2.26. The second-order valence-corrected chi connectivity index (χ2v) is 3.90. The molecule has 1 aromatic rings. The summed E-state index contributed by atoms with van der Waals surface area (Å²) in [5, 5.41) is 9.34. The van der Waals surface area contributed by atoms with Crippen molar-refractivity contribution in [2.45, 2.75) is 32.8 Å². The summed E-state index contributed by atoms with van der Waals surface area (Å²) in [6.45, 7) is 4.95. The lowest BCUT2D eigenvalue weighted by Gasteiger charge is -2.18. The van der Waals surface area contributed by atoms with Crippen molar-refractivity contribution in [3.63, 3.8) is 0 Å². The Balaban J connectivity index is 2.62. The van der Waals surface area contributed by atoms with E-state index in [0.717, 1.165) is 17.9 Å². The van der Waals surface area contributed by atoms with Crippen molar-refractivity contribution in [2.24, 2.45) is 0 Å². The van der Waals surface area contributed by atoms with Crippen LogP contribution < -0.4 is 4.90 Å². The monoisotopic (exact) mass is 208 g/mol. The molecule has 0 aromatic carbocycles. The van der Waals surface area contributed by atoms with Gasteiger partial charge in [-0.05, 0) is 25.0 Å². The van der Waals surface area contributed by atoms with Gasteiger partial charge in [0.25, 0.3) is 0 Å². The van der Waals surface area contributed by atoms with Crippen molar-refractivity contribution in [2.75, 3.05) is 18.5 Å². The molecule has 3 nitrogen and oxygen atoms in total. The van der Waals surface area contributed by atoms with Gasteiger partial charge in [-0.2, -0.15) is 0 Å². The van der Waals surface area contributed by atoms with Crippen molar-refractivity contribution in [3.05, 3.63) is 23.9 Å². The lowest BCUT2D eigenvalue weighted by Crippen LogP contribution is -2.19. The van der Waals surface area contributed by atoms with Crippen LogP contribution in [0.2, 0.25) is 0 Å². The van der Waals surface area contributed by atoms with Crippen molar-refractivity contribution < 1.29 is 5.11 Å². The van der Waals surface area contributed by atoms with Crippen LogP contribution in [0.5, 0.6) is 0 Å². The summed E-state index contributed by atoms with van der Waals surface area (Å²) in [6, 6.07) is 3.88. The maximum Gasteiger partial charge on any atom is 0.128 e. The number of aliphatic hydroxyl groups excluding tert-OH is 1. The topological polar surface area (TPSA) is 36.4 Å². The predicted octanol–water partition coefficient (Wildman–Crippen LogP) is 2.37. The molecule has 15 heavy (non-hydrogen) atoms. The van der Waals surface area contributed by atoms with Gasteiger partial charge in [-0.1, -0.05) is 19.4 Å². The van der Waals surface area contributed by atoms with E-state index < -0.39 is 6.10 Å². The van der Waals surface area contributed by atoms with Gasteiger partial charge >= 0.3 is 0 Å². The van der Waals surface area contributed by atoms with Gasteiger partial charge in [-0.25, -0.2) is 4.98 Å². The number of aliphatic hydroxyl groups is 1. The molecule has 0 bridgehead atoms. The Hall–Kier alpha value is -1.09. The Bertz CT molecular complexity index is 282. The van der Waals surface area contributed by atoms with Crippen LogP contribution in [-0.4, -0.2) is 23.7 Å². The van der Waals surface area contributed by atoms with Gasteiger partial charge in [-0.3, -0.25) is 0 Å². The highest BCUT2D eigenvalue weighted by atomic mass is 16.3. The molecule has 0 aliphatic carbocycles. The number of nitrogens with zero attached hydrogens (tertiary/aromatic N) is 2. The van der Waals surface area contributed by atoms with Crippen LogP contribution in [0, 0.1) is 0 Å². The van der Waals surface area contributed by atoms with Gasteiger partial charge in [0.1, 0.15) is 5.82 Å². The van der Waals surface area contributed by atoms with E-state index in [9.17, 15) is 5.11 Å². The Labute approximate surface area is 91.8 Å². The minimum atomic E-state index is -0.438. The van der Waals surface area contributed by atoms with E-state index in [4.69, 9.17) is 0 Å². The molecule has 0 unspecified atom stereocenters. The lowest BCUT2D eigenvalue weighted by molar-refractivity contribution is 0.199. The number of aromatic nitrogens is 1. The van der Waals surface area contributed by atoms with E-state index in [1.165, 1.54) is 12.8 Å². The number of hydrogen-bond acceptors (Lipinski definition) is 3. The molecule has 0 aliphatic heterocycles. The summed E-state index contributed by atoms with van der Waals surface area (Å²) in [5.41, 5.74) is 0.864. The molecule has 0 radical (unpaired) electrons. The third-order valence-electron chi connectivity index (χ3n) is 2.49. The molecule has 1 N–H and O–H groups in total. The zero-order valence-electron chi connectivity index (χ0n) is 9.77. The molecule has 0 spiro atoms. The maximum absolute atomic E-state index is 9.34. The largest absolute Gasteiger partial charge is 0.389 e. The normalized spacial score (nSPS) is 12.5. The number of unbranched alkanes of at least 4 members (excludes halogenated alkanes) is 1. The molecule has 0 saturated carbocycles. The first-order chi connectivity index (χ1) is 7.15. The number of anilines is 1. The van der Waals surface area contributed by atoms with E-state index in [2.05, 4.69) is 16.8 Å². The molecule has 84 valence electrons. The SMILES string of the molecule is CCCCN(C)c1ccc([C@H](C)O)cn1. The van der Waals surface area contributed by atoms with E-state index in [-0.39, 0.29) is 0 Å². The quantitative estimate of drug-likeness (QED) is 0.807. The van der Waals surface area contributed by atoms with Gasteiger partial charge in [0.15, 0.2) is 0 Å². The van der Waals surface area contributed by atoms with Crippen molar-refractivity contribution in [3.8, 4) is 0 Å². The number of hydrogen-bond donors (Lipinski definition) is 1. The van der Waals surface area contributed by atoms with Crippen molar-refractivity contribution >= 4 is 5.82 Å². The summed E-state index contributed by atoms with van der Waals surface area (Å²) >= 11 is 0. The summed E-state index contributed by atoms with van der Waals surface area (Å²) in [5.74, 6) is 0.966. The molecule has 1 heterocycles. The molecule has 0 amide bonds. The highest BCUT2D eigenvalue weighted by molar-refractivity contribution is 5.38. The molecule has 1 rings (SSSR count). The van der Waals surface area contributed by atoms with E-state index in [1.807, 2.05) is 19.2 Å². The highest BCUT2D eigenvalue weighted by Crippen LogP contribution is 2.15. The molecule has 0 aliphatic rings. The number of pyridine rings is 1. The first-order valence-electron chi connectivity index (χ1n) is 5.50. The number of rotatable bonds is 5. The Morgan fingerprint density at radius 3 is 2.67 bits per heavy atom. The van der Waals surface area contributed by atoms with Gasteiger partial charge in [0.05, 0.1) is 6.10 Å². The van der Waals surface area contributed by atoms with Crippen LogP contribution in [0.15, 0.2) is 18.3 Å². The van der Waals surface area contributed by atoms with Crippen LogP contribution in [0.25, 0.3) is 0 Å². The Morgan fingerprint density at radius 1 is 1.47 bits per heavy atom. The Kier molecular flexibility index (Phi) is 4.56. The third kappa shape index (κ3) is 3.51. The zero-order chi connectivity index (χ0) is 11.3. The van der Waals surface area contributed by atoms with Gasteiger partial charge in [0, 0.05) is 19.8 Å². The van der Waals surface area contributed by atoms with Crippen LogP contribution in [0.4, 0.5) is 5.82 Å². The van der Waals surface area contributed by atoms with Gasteiger partial charge in [0.2, 0.25) is 0 Å². The first-order valence-corrected chi connectivity index (χ1v) is 5.50. The minimum Gasteiger partial charge on any atom is -0.389 e. The van der Waals surface area contributed by atoms with Gasteiger partial charge < -0.3 is 10.0 Å². The molecule has 1 atom stereocenters. The second kappa shape index (κ2) is 5.71. The molecule has 0 saturated heterocycles. The Morgan fingerprint density at radius 2 is 2.20 bits per heavy atom. The first kappa shape index (κ1) is 12.0. The van der Waals surface area contributed by atoms with Crippen LogP contribution in [-0.2, 0) is 0 Å². The highest BCUT2D eigenvalue weighted by Gasteiger charge is 2.04. The smallest absolute Gasteiger partial charge is 0.128 e. The van der Waals surface area contributed by atoms with Gasteiger partial charge in [-0.15, -0.1) is 0 Å². The standard InChI is InChI=1S/C12H20N2O/c1-4-5-8-14(3)12-7-6-11(9-13-12)10(2)15/h6-7,9-10,15H,4-5,8H2,1-3H3/t10-/m0/s1. The molecular formula is C12H20N2O. The van der Waals surface area contributed by atoms with E-state index in [1.54, 1.807) is 13.1 Å². The summed E-state index contributed by atoms with van der Waals surface area (Å²) in [7, 11) is 2.04. The molecule has 3 heteroatoms. The summed E-state index contributed by atoms with van der Waals surface area (Å²) in [6.07, 6.45) is 3.67. The summed E-state index contributed by atoms with van der Waals surface area (Å²) in [4.78, 5) is 6.45. The second-order valence-electron chi connectivity index (χ2n) is 3.90. The van der Waals surface area contributed by atoms with Crippen LogP contribution in [0.3, 0.4) is 0 Å². The lowest BCUT2D eigenvalue weighted by atomic mass is 10.2. The predicted molar refractivity (Wildman–Crippen MR) is 63.0 cm³/mol. The van der Waals surface area contributed by atoms with E-state index in [0.29, 0.717) is 0 Å². The fourth-order valence-corrected chi connectivity index (χ4v) is 1.38.